The summed E-state index contributed by atoms with van der Waals surface area (Å²) in [5.41, 5.74) is 5.78. The summed E-state index contributed by atoms with van der Waals surface area (Å²) in [6.07, 6.45) is 1.14. The molecule has 0 saturated heterocycles. The molecule has 21 heavy (non-hydrogen) atoms. The van der Waals surface area contributed by atoms with Crippen LogP contribution in [0.5, 0.6) is 0 Å². The summed E-state index contributed by atoms with van der Waals surface area (Å²) in [6.45, 7) is -0.0611. The number of nitrogen functional groups attached to an aromatic ring is 1. The molecule has 0 bridgehead atoms. The standard InChI is InChI=1S/C12H12N4O4S/c13-12-5-4-11(8-14-12)21(19,20)15-7-9-2-1-3-10(6-9)16(17)18/h1-6,8,15H,7H2,(H2,13,14). The number of nitrogens with two attached hydrogens (primary N) is 1. The Morgan fingerprint density at radius 3 is 2.67 bits per heavy atom. The van der Waals surface area contributed by atoms with Crippen LogP contribution in [0.1, 0.15) is 5.56 Å². The molecule has 0 unspecified atom stereocenters. The number of benzene rings is 1. The smallest absolute Gasteiger partial charge is 0.269 e. The average molecular weight is 308 g/mol. The van der Waals surface area contributed by atoms with E-state index in [-0.39, 0.29) is 22.9 Å². The summed E-state index contributed by atoms with van der Waals surface area (Å²) in [5.74, 6) is 0.215. The van der Waals surface area contributed by atoms with E-state index in [1.165, 1.54) is 30.3 Å². The molecule has 0 radical (unpaired) electrons. The van der Waals surface area contributed by atoms with Crippen LogP contribution < -0.4 is 10.5 Å². The minimum Gasteiger partial charge on any atom is -0.384 e. The van der Waals surface area contributed by atoms with Crippen LogP contribution >= 0.6 is 0 Å². The SMILES string of the molecule is Nc1ccc(S(=O)(=O)NCc2cccc([N+](=O)[O-])c2)cn1. The van der Waals surface area contributed by atoms with E-state index in [2.05, 4.69) is 9.71 Å². The second kappa shape index (κ2) is 5.85. The number of nitrogens with one attached hydrogen (secondary N) is 1. The number of pyridine rings is 1. The molecule has 0 spiro atoms. The third-order valence-electron chi connectivity index (χ3n) is 2.66. The lowest BCUT2D eigenvalue weighted by molar-refractivity contribution is -0.384. The molecule has 9 heteroatoms. The highest BCUT2D eigenvalue weighted by atomic mass is 32.2. The highest BCUT2D eigenvalue weighted by Gasteiger charge is 2.14. The summed E-state index contributed by atoms with van der Waals surface area (Å²) >= 11 is 0. The molecule has 0 saturated carbocycles. The molecule has 3 N–H and O–H groups in total. The Morgan fingerprint density at radius 1 is 1.29 bits per heavy atom. The molecule has 0 fully saturated rings. The van der Waals surface area contributed by atoms with Crippen molar-refractivity contribution in [2.45, 2.75) is 11.4 Å². The van der Waals surface area contributed by atoms with Crippen LogP contribution in [0.4, 0.5) is 11.5 Å². The van der Waals surface area contributed by atoms with Crippen molar-refractivity contribution in [2.24, 2.45) is 0 Å². The van der Waals surface area contributed by atoms with Gasteiger partial charge in [-0.15, -0.1) is 0 Å². The maximum Gasteiger partial charge on any atom is 0.269 e. The van der Waals surface area contributed by atoms with E-state index in [9.17, 15) is 18.5 Å². The van der Waals surface area contributed by atoms with Crippen LogP contribution in [-0.2, 0) is 16.6 Å². The van der Waals surface area contributed by atoms with Crippen LogP contribution in [0, 0.1) is 10.1 Å². The third kappa shape index (κ3) is 3.74. The Hall–Kier alpha value is -2.52. The number of hydrogen-bond donors (Lipinski definition) is 2. The van der Waals surface area contributed by atoms with Gasteiger partial charge in [-0.3, -0.25) is 10.1 Å². The van der Waals surface area contributed by atoms with Crippen LogP contribution in [-0.4, -0.2) is 18.3 Å². The first-order valence-corrected chi connectivity index (χ1v) is 7.31. The molecule has 0 atom stereocenters. The maximum atomic E-state index is 12.0. The van der Waals surface area contributed by atoms with Crippen molar-refractivity contribution in [1.82, 2.24) is 9.71 Å². The zero-order chi connectivity index (χ0) is 15.5. The Labute approximate surface area is 120 Å². The highest BCUT2D eigenvalue weighted by molar-refractivity contribution is 7.89. The lowest BCUT2D eigenvalue weighted by Crippen LogP contribution is -2.23. The summed E-state index contributed by atoms with van der Waals surface area (Å²) in [7, 11) is -3.75. The van der Waals surface area contributed by atoms with Crippen molar-refractivity contribution in [3.63, 3.8) is 0 Å². The van der Waals surface area contributed by atoms with Crippen molar-refractivity contribution in [2.75, 3.05) is 5.73 Å². The number of non-ortho nitro benzene ring substituents is 1. The molecule has 1 aromatic carbocycles. The molecule has 110 valence electrons. The zero-order valence-electron chi connectivity index (χ0n) is 10.8. The fourth-order valence-corrected chi connectivity index (χ4v) is 2.55. The molecule has 1 aromatic heterocycles. The van der Waals surface area contributed by atoms with Gasteiger partial charge in [0.25, 0.3) is 5.69 Å². The normalized spacial score (nSPS) is 11.2. The van der Waals surface area contributed by atoms with Gasteiger partial charge >= 0.3 is 0 Å². The van der Waals surface area contributed by atoms with Crippen molar-refractivity contribution >= 4 is 21.5 Å². The molecule has 0 aliphatic heterocycles. The largest absolute Gasteiger partial charge is 0.384 e. The molecular formula is C12H12N4O4S. The number of nitro benzene ring substituents is 1. The van der Waals surface area contributed by atoms with Gasteiger partial charge in [0.2, 0.25) is 10.0 Å². The average Bonchev–Trinajstić information content (AvgIpc) is 2.46. The summed E-state index contributed by atoms with van der Waals surface area (Å²) < 4.78 is 26.4. The quantitative estimate of drug-likeness (QED) is 0.627. The molecule has 2 aromatic rings. The first-order chi connectivity index (χ1) is 9.88. The van der Waals surface area contributed by atoms with E-state index in [0.29, 0.717) is 5.56 Å². The lowest BCUT2D eigenvalue weighted by atomic mass is 10.2. The fraction of sp³-hybridized carbons (Fsp3) is 0.0833. The summed E-state index contributed by atoms with van der Waals surface area (Å²) in [4.78, 5) is 13.8. The van der Waals surface area contributed by atoms with Crippen molar-refractivity contribution in [1.29, 1.82) is 0 Å². The fourth-order valence-electron chi connectivity index (χ4n) is 1.59. The van der Waals surface area contributed by atoms with Gasteiger partial charge in [-0.25, -0.2) is 18.1 Å². The van der Waals surface area contributed by atoms with E-state index in [1.54, 1.807) is 6.07 Å². The van der Waals surface area contributed by atoms with Crippen molar-refractivity contribution < 1.29 is 13.3 Å². The molecule has 0 aliphatic carbocycles. The predicted molar refractivity (Wildman–Crippen MR) is 75.8 cm³/mol. The molecule has 1 heterocycles. The first kappa shape index (κ1) is 14.9. The number of aromatic nitrogens is 1. The Kier molecular flexibility index (Phi) is 4.15. The minimum atomic E-state index is -3.75. The second-order valence-electron chi connectivity index (χ2n) is 4.17. The van der Waals surface area contributed by atoms with Crippen LogP contribution in [0.2, 0.25) is 0 Å². The topological polar surface area (TPSA) is 128 Å². The minimum absolute atomic E-state index is 0.0258. The van der Waals surface area contributed by atoms with Gasteiger partial charge in [0.15, 0.2) is 0 Å². The number of hydrogen-bond acceptors (Lipinski definition) is 6. The van der Waals surface area contributed by atoms with E-state index in [4.69, 9.17) is 5.73 Å². The molecule has 0 amide bonds. The Bertz CT molecular complexity index is 759. The van der Waals surface area contributed by atoms with E-state index in [1.807, 2.05) is 0 Å². The first-order valence-electron chi connectivity index (χ1n) is 5.83. The van der Waals surface area contributed by atoms with Gasteiger partial charge in [0.05, 0.1) is 4.92 Å². The van der Waals surface area contributed by atoms with Gasteiger partial charge in [-0.05, 0) is 17.7 Å². The second-order valence-corrected chi connectivity index (χ2v) is 5.94. The van der Waals surface area contributed by atoms with E-state index >= 15 is 0 Å². The number of rotatable bonds is 5. The van der Waals surface area contributed by atoms with Gasteiger partial charge < -0.3 is 5.73 Å². The monoisotopic (exact) mass is 308 g/mol. The third-order valence-corrected chi connectivity index (χ3v) is 4.04. The van der Waals surface area contributed by atoms with Crippen molar-refractivity contribution in [3.8, 4) is 0 Å². The molecule has 0 aliphatic rings. The van der Waals surface area contributed by atoms with Gasteiger partial charge in [0, 0.05) is 24.9 Å². The zero-order valence-corrected chi connectivity index (χ0v) is 11.6. The number of nitro groups is 1. The number of anilines is 1. The molecule has 8 nitrogen and oxygen atoms in total. The maximum absolute atomic E-state index is 12.0. The number of sulfonamides is 1. The summed E-state index contributed by atoms with van der Waals surface area (Å²) in [6, 6.07) is 8.44. The highest BCUT2D eigenvalue weighted by Crippen LogP contribution is 2.14. The van der Waals surface area contributed by atoms with Crippen LogP contribution in [0.3, 0.4) is 0 Å². The Morgan fingerprint density at radius 2 is 2.05 bits per heavy atom. The van der Waals surface area contributed by atoms with Crippen LogP contribution in [0.15, 0.2) is 47.5 Å². The molecule has 2 rings (SSSR count). The van der Waals surface area contributed by atoms with Crippen molar-refractivity contribution in [3.05, 3.63) is 58.3 Å². The van der Waals surface area contributed by atoms with Crippen LogP contribution in [0.25, 0.3) is 0 Å². The van der Waals surface area contributed by atoms with Gasteiger partial charge in [0.1, 0.15) is 10.7 Å². The number of nitrogens with zero attached hydrogens (tertiary/aromatic N) is 2. The van der Waals surface area contributed by atoms with E-state index < -0.39 is 14.9 Å². The van der Waals surface area contributed by atoms with Gasteiger partial charge in [-0.2, -0.15) is 0 Å². The molecular weight excluding hydrogens is 296 g/mol. The Balaban J connectivity index is 2.13. The predicted octanol–water partition coefficient (Wildman–Crippen LogP) is 1.05. The lowest BCUT2D eigenvalue weighted by Gasteiger charge is -2.06. The van der Waals surface area contributed by atoms with E-state index in [0.717, 1.165) is 6.20 Å². The summed E-state index contributed by atoms with van der Waals surface area (Å²) in [5, 5.41) is 10.7. The van der Waals surface area contributed by atoms with Gasteiger partial charge in [-0.1, -0.05) is 12.1 Å².